The summed E-state index contributed by atoms with van der Waals surface area (Å²) >= 11 is 0. The Balaban J connectivity index is 1.94. The van der Waals surface area contributed by atoms with E-state index in [0.29, 0.717) is 5.92 Å². The summed E-state index contributed by atoms with van der Waals surface area (Å²) in [5.41, 5.74) is 1.49. The van der Waals surface area contributed by atoms with Crippen LogP contribution in [0.3, 0.4) is 0 Å². The van der Waals surface area contributed by atoms with E-state index in [1.54, 1.807) is 0 Å². The molecule has 88 valence electrons. The van der Waals surface area contributed by atoms with Crippen molar-refractivity contribution in [3.05, 3.63) is 35.9 Å². The fraction of sp³-hybridized carbons (Fsp3) is 0.571. The molecule has 0 aliphatic carbocycles. The number of hydrogen-bond acceptors (Lipinski definition) is 2. The summed E-state index contributed by atoms with van der Waals surface area (Å²) in [4.78, 5) is 2.58. The Bertz CT molecular complexity index is 291. The van der Waals surface area contributed by atoms with Crippen molar-refractivity contribution in [3.63, 3.8) is 0 Å². The molecule has 1 N–H and O–H groups in total. The van der Waals surface area contributed by atoms with Crippen LogP contribution in [0.5, 0.6) is 0 Å². The second kappa shape index (κ2) is 6.02. The summed E-state index contributed by atoms with van der Waals surface area (Å²) in [5, 5.41) is 3.40. The lowest BCUT2D eigenvalue weighted by molar-refractivity contribution is 0.225. The summed E-state index contributed by atoms with van der Waals surface area (Å²) in [6, 6.07) is 10.9. The Kier molecular flexibility index (Phi) is 4.37. The van der Waals surface area contributed by atoms with Crippen molar-refractivity contribution in [2.45, 2.75) is 19.3 Å². The average Bonchev–Trinajstić information content (AvgIpc) is 2.38. The van der Waals surface area contributed by atoms with Crippen molar-refractivity contribution < 1.29 is 0 Å². The molecule has 1 aromatic carbocycles. The van der Waals surface area contributed by atoms with Crippen LogP contribution in [0.1, 0.15) is 24.8 Å². The molecule has 1 heterocycles. The molecule has 1 aromatic rings. The van der Waals surface area contributed by atoms with Gasteiger partial charge >= 0.3 is 0 Å². The number of rotatable bonds is 4. The van der Waals surface area contributed by atoms with E-state index in [1.165, 1.54) is 31.6 Å². The van der Waals surface area contributed by atoms with Crippen LogP contribution in [0.15, 0.2) is 30.3 Å². The van der Waals surface area contributed by atoms with Crippen LogP contribution in [0.2, 0.25) is 0 Å². The van der Waals surface area contributed by atoms with Crippen LogP contribution >= 0.6 is 0 Å². The van der Waals surface area contributed by atoms with E-state index in [9.17, 15) is 0 Å². The predicted octanol–water partition coefficient (Wildman–Crippen LogP) is 2.09. The molecular weight excluding hydrogens is 196 g/mol. The fourth-order valence-corrected chi connectivity index (χ4v) is 2.40. The van der Waals surface area contributed by atoms with Gasteiger partial charge in [0.1, 0.15) is 0 Å². The van der Waals surface area contributed by atoms with E-state index in [4.69, 9.17) is 0 Å². The molecule has 1 unspecified atom stereocenters. The van der Waals surface area contributed by atoms with Crippen LogP contribution in [-0.4, -0.2) is 37.6 Å². The normalized spacial score (nSPS) is 19.6. The molecule has 2 nitrogen and oxygen atoms in total. The highest BCUT2D eigenvalue weighted by Gasteiger charge is 2.15. The lowest BCUT2D eigenvalue weighted by Gasteiger charge is -2.30. The quantitative estimate of drug-likeness (QED) is 0.832. The summed E-state index contributed by atoms with van der Waals surface area (Å²) in [5.74, 6) is 0.694. The van der Waals surface area contributed by atoms with Crippen molar-refractivity contribution in [3.8, 4) is 0 Å². The van der Waals surface area contributed by atoms with Crippen LogP contribution in [0.4, 0.5) is 0 Å². The van der Waals surface area contributed by atoms with E-state index in [2.05, 4.69) is 47.5 Å². The smallest absolute Gasteiger partial charge is 0.0108 e. The molecule has 0 radical (unpaired) electrons. The molecule has 1 fully saturated rings. The van der Waals surface area contributed by atoms with E-state index >= 15 is 0 Å². The summed E-state index contributed by atoms with van der Waals surface area (Å²) in [7, 11) is 0. The Morgan fingerprint density at radius 3 is 2.50 bits per heavy atom. The molecule has 0 bridgehead atoms. The third-order valence-electron chi connectivity index (χ3n) is 3.45. The van der Waals surface area contributed by atoms with Gasteiger partial charge in [0.25, 0.3) is 0 Å². The lowest BCUT2D eigenvalue weighted by Crippen LogP contribution is -2.44. The minimum absolute atomic E-state index is 0.694. The number of hydrogen-bond donors (Lipinski definition) is 1. The highest BCUT2D eigenvalue weighted by molar-refractivity contribution is 5.19. The minimum atomic E-state index is 0.694. The molecular formula is C14H22N2. The molecule has 0 saturated carbocycles. The van der Waals surface area contributed by atoms with Gasteiger partial charge in [-0.1, -0.05) is 37.3 Å². The number of nitrogens with one attached hydrogen (secondary N) is 1. The van der Waals surface area contributed by atoms with E-state index in [0.717, 1.165) is 13.1 Å². The summed E-state index contributed by atoms with van der Waals surface area (Å²) in [6.07, 6.45) is 1.23. The zero-order valence-corrected chi connectivity index (χ0v) is 10.2. The van der Waals surface area contributed by atoms with Gasteiger partial charge in [0.05, 0.1) is 0 Å². The first kappa shape index (κ1) is 11.6. The SMILES string of the molecule is CCC(CN1CCNCC1)c1ccccc1. The summed E-state index contributed by atoms with van der Waals surface area (Å²) < 4.78 is 0. The Hall–Kier alpha value is -0.860. The molecule has 0 spiro atoms. The Morgan fingerprint density at radius 2 is 1.88 bits per heavy atom. The van der Waals surface area contributed by atoms with E-state index in [1.807, 2.05) is 0 Å². The first-order valence-corrected chi connectivity index (χ1v) is 6.38. The number of piperazine rings is 1. The monoisotopic (exact) mass is 218 g/mol. The largest absolute Gasteiger partial charge is 0.314 e. The molecule has 1 saturated heterocycles. The van der Waals surface area contributed by atoms with Crippen LogP contribution in [0.25, 0.3) is 0 Å². The molecule has 0 amide bonds. The zero-order valence-electron chi connectivity index (χ0n) is 10.2. The highest BCUT2D eigenvalue weighted by atomic mass is 15.2. The molecule has 16 heavy (non-hydrogen) atoms. The second-order valence-corrected chi connectivity index (χ2v) is 4.57. The first-order chi connectivity index (χ1) is 7.90. The number of nitrogens with zero attached hydrogens (tertiary/aromatic N) is 1. The van der Waals surface area contributed by atoms with Crippen LogP contribution in [0, 0.1) is 0 Å². The molecule has 1 atom stereocenters. The topological polar surface area (TPSA) is 15.3 Å². The van der Waals surface area contributed by atoms with Gasteiger partial charge in [-0.2, -0.15) is 0 Å². The minimum Gasteiger partial charge on any atom is -0.314 e. The third kappa shape index (κ3) is 3.06. The van der Waals surface area contributed by atoms with Gasteiger partial charge in [0.15, 0.2) is 0 Å². The van der Waals surface area contributed by atoms with Gasteiger partial charge in [0.2, 0.25) is 0 Å². The molecule has 0 aromatic heterocycles. The van der Waals surface area contributed by atoms with Gasteiger partial charge in [-0.15, -0.1) is 0 Å². The maximum Gasteiger partial charge on any atom is 0.0108 e. The van der Waals surface area contributed by atoms with Gasteiger partial charge in [-0.3, -0.25) is 0 Å². The van der Waals surface area contributed by atoms with Crippen molar-refractivity contribution in [1.29, 1.82) is 0 Å². The van der Waals surface area contributed by atoms with Gasteiger partial charge in [-0.05, 0) is 17.9 Å². The van der Waals surface area contributed by atoms with Crippen molar-refractivity contribution in [2.24, 2.45) is 0 Å². The Morgan fingerprint density at radius 1 is 1.19 bits per heavy atom. The van der Waals surface area contributed by atoms with E-state index in [-0.39, 0.29) is 0 Å². The zero-order chi connectivity index (χ0) is 11.2. The predicted molar refractivity (Wildman–Crippen MR) is 68.8 cm³/mol. The highest BCUT2D eigenvalue weighted by Crippen LogP contribution is 2.20. The van der Waals surface area contributed by atoms with Crippen molar-refractivity contribution >= 4 is 0 Å². The van der Waals surface area contributed by atoms with Crippen LogP contribution < -0.4 is 5.32 Å². The third-order valence-corrected chi connectivity index (χ3v) is 3.45. The maximum absolute atomic E-state index is 3.40. The van der Waals surface area contributed by atoms with Crippen molar-refractivity contribution in [1.82, 2.24) is 10.2 Å². The molecule has 2 heteroatoms. The van der Waals surface area contributed by atoms with Gasteiger partial charge < -0.3 is 10.2 Å². The van der Waals surface area contributed by atoms with Crippen LogP contribution in [-0.2, 0) is 0 Å². The average molecular weight is 218 g/mol. The molecule has 2 rings (SSSR count). The fourth-order valence-electron chi connectivity index (χ4n) is 2.40. The first-order valence-electron chi connectivity index (χ1n) is 6.38. The van der Waals surface area contributed by atoms with E-state index < -0.39 is 0 Å². The maximum atomic E-state index is 3.40. The summed E-state index contributed by atoms with van der Waals surface area (Å²) in [6.45, 7) is 8.19. The van der Waals surface area contributed by atoms with Crippen molar-refractivity contribution in [2.75, 3.05) is 32.7 Å². The number of benzene rings is 1. The lowest BCUT2D eigenvalue weighted by atomic mass is 9.96. The molecule has 1 aliphatic heterocycles. The van der Waals surface area contributed by atoms with Gasteiger partial charge in [0, 0.05) is 32.7 Å². The second-order valence-electron chi connectivity index (χ2n) is 4.57. The molecule has 1 aliphatic rings. The standard InChI is InChI=1S/C14H22N2/c1-2-13(14-6-4-3-5-7-14)12-16-10-8-15-9-11-16/h3-7,13,15H,2,8-12H2,1H3. The Labute approximate surface area is 98.7 Å². The van der Waals surface area contributed by atoms with Gasteiger partial charge in [-0.25, -0.2) is 0 Å².